The zero-order valence-corrected chi connectivity index (χ0v) is 13.7. The van der Waals surface area contributed by atoms with Crippen LogP contribution in [-0.2, 0) is 4.79 Å². The Balaban J connectivity index is 1.60. The molecule has 0 aliphatic carbocycles. The van der Waals surface area contributed by atoms with Crippen molar-refractivity contribution in [2.24, 2.45) is 5.92 Å². The smallest absolute Gasteiger partial charge is 0.255 e. The minimum absolute atomic E-state index is 0.0147. The molecule has 2 amide bonds. The quantitative estimate of drug-likeness (QED) is 0.832. The second-order valence-electron chi connectivity index (χ2n) is 6.22. The van der Waals surface area contributed by atoms with Crippen molar-refractivity contribution in [3.8, 4) is 0 Å². The fourth-order valence-corrected chi connectivity index (χ4v) is 3.61. The number of amides is 2. The summed E-state index contributed by atoms with van der Waals surface area (Å²) in [4.78, 5) is 28.5. The number of rotatable bonds is 2. The van der Waals surface area contributed by atoms with Gasteiger partial charge >= 0.3 is 0 Å². The molecule has 2 aliphatic rings. The van der Waals surface area contributed by atoms with Crippen molar-refractivity contribution in [3.63, 3.8) is 0 Å². The summed E-state index contributed by atoms with van der Waals surface area (Å²) in [6.07, 6.45) is 3.54. The molecule has 0 aromatic heterocycles. The maximum Gasteiger partial charge on any atom is 0.255 e. The van der Waals surface area contributed by atoms with E-state index in [1.165, 1.54) is 12.1 Å². The van der Waals surface area contributed by atoms with E-state index in [0.29, 0.717) is 31.5 Å². The molecular formula is C17H20ClFN2O2. The fourth-order valence-electron chi connectivity index (χ4n) is 3.36. The van der Waals surface area contributed by atoms with Crippen molar-refractivity contribution < 1.29 is 14.0 Å². The van der Waals surface area contributed by atoms with Crippen LogP contribution in [-0.4, -0.2) is 47.8 Å². The van der Waals surface area contributed by atoms with Crippen molar-refractivity contribution in [1.82, 2.24) is 9.80 Å². The van der Waals surface area contributed by atoms with Crippen molar-refractivity contribution in [2.45, 2.75) is 25.7 Å². The highest BCUT2D eigenvalue weighted by Gasteiger charge is 2.31. The van der Waals surface area contributed by atoms with Crippen LogP contribution in [0.1, 0.15) is 36.0 Å². The van der Waals surface area contributed by atoms with Gasteiger partial charge in [0, 0.05) is 32.1 Å². The first kappa shape index (κ1) is 16.2. The summed E-state index contributed by atoms with van der Waals surface area (Å²) in [7, 11) is 0. The summed E-state index contributed by atoms with van der Waals surface area (Å²) < 4.78 is 13.1. The topological polar surface area (TPSA) is 40.6 Å². The lowest BCUT2D eigenvalue weighted by molar-refractivity contribution is -0.135. The summed E-state index contributed by atoms with van der Waals surface area (Å²) in [5.41, 5.74) is 0.317. The Morgan fingerprint density at radius 3 is 2.30 bits per heavy atom. The van der Waals surface area contributed by atoms with Crippen LogP contribution in [0.15, 0.2) is 18.2 Å². The largest absolute Gasteiger partial charge is 0.342 e. The third kappa shape index (κ3) is 3.50. The standard InChI is InChI=1S/C17H20ClFN2O2/c18-15-11-13(19)3-4-14(15)17(23)21-9-5-12(6-10-21)16(22)20-7-1-2-8-20/h3-4,11-12H,1-2,5-10H2. The third-order valence-corrected chi connectivity index (χ3v) is 5.02. The molecule has 1 aromatic carbocycles. The number of likely N-dealkylation sites (tertiary alicyclic amines) is 2. The van der Waals surface area contributed by atoms with Gasteiger partial charge in [-0.05, 0) is 43.9 Å². The minimum atomic E-state index is -0.457. The average Bonchev–Trinajstić information content (AvgIpc) is 3.08. The number of hydrogen-bond acceptors (Lipinski definition) is 2. The molecule has 0 N–H and O–H groups in total. The molecule has 124 valence electrons. The highest BCUT2D eigenvalue weighted by molar-refractivity contribution is 6.33. The maximum atomic E-state index is 13.1. The van der Waals surface area contributed by atoms with E-state index >= 15 is 0 Å². The van der Waals surface area contributed by atoms with E-state index in [1.807, 2.05) is 4.90 Å². The van der Waals surface area contributed by atoms with Crippen molar-refractivity contribution in [3.05, 3.63) is 34.6 Å². The molecule has 0 spiro atoms. The van der Waals surface area contributed by atoms with E-state index in [0.717, 1.165) is 32.0 Å². The summed E-state index contributed by atoms with van der Waals surface area (Å²) in [6, 6.07) is 3.81. The Morgan fingerprint density at radius 2 is 1.70 bits per heavy atom. The van der Waals surface area contributed by atoms with Crippen molar-refractivity contribution >= 4 is 23.4 Å². The predicted octanol–water partition coefficient (Wildman–Crippen LogP) is 2.95. The first-order chi connectivity index (χ1) is 11.1. The molecule has 0 radical (unpaired) electrons. The number of benzene rings is 1. The third-order valence-electron chi connectivity index (χ3n) is 4.71. The Kier molecular flexibility index (Phi) is 4.85. The van der Waals surface area contributed by atoms with Crippen LogP contribution in [0.5, 0.6) is 0 Å². The van der Waals surface area contributed by atoms with E-state index in [9.17, 15) is 14.0 Å². The van der Waals surface area contributed by atoms with Gasteiger partial charge in [0.2, 0.25) is 5.91 Å². The molecule has 2 heterocycles. The van der Waals surface area contributed by atoms with E-state index in [4.69, 9.17) is 11.6 Å². The van der Waals surface area contributed by atoms with Crippen LogP contribution in [0, 0.1) is 11.7 Å². The summed E-state index contributed by atoms with van der Waals surface area (Å²) >= 11 is 5.96. The van der Waals surface area contributed by atoms with Gasteiger partial charge in [0.05, 0.1) is 10.6 Å². The minimum Gasteiger partial charge on any atom is -0.342 e. The van der Waals surface area contributed by atoms with E-state index < -0.39 is 5.82 Å². The van der Waals surface area contributed by atoms with Gasteiger partial charge in [0.1, 0.15) is 5.82 Å². The number of carbonyl (C=O) groups excluding carboxylic acids is 2. The zero-order chi connectivity index (χ0) is 16.4. The number of nitrogens with zero attached hydrogens (tertiary/aromatic N) is 2. The van der Waals surface area contributed by atoms with Gasteiger partial charge in [0.15, 0.2) is 0 Å². The van der Waals surface area contributed by atoms with Crippen molar-refractivity contribution in [1.29, 1.82) is 0 Å². The van der Waals surface area contributed by atoms with E-state index in [-0.39, 0.29) is 22.8 Å². The molecule has 3 rings (SSSR count). The highest BCUT2D eigenvalue weighted by Crippen LogP contribution is 2.25. The van der Waals surface area contributed by atoms with Gasteiger partial charge in [-0.2, -0.15) is 0 Å². The van der Waals surface area contributed by atoms with Gasteiger partial charge in [-0.1, -0.05) is 11.6 Å². The average molecular weight is 339 g/mol. The van der Waals surface area contributed by atoms with Crippen LogP contribution in [0.25, 0.3) is 0 Å². The second-order valence-corrected chi connectivity index (χ2v) is 6.63. The molecule has 0 saturated carbocycles. The van der Waals surface area contributed by atoms with Crippen LogP contribution >= 0.6 is 11.6 Å². The molecule has 4 nitrogen and oxygen atoms in total. The molecule has 1 aromatic rings. The Labute approximate surface area is 140 Å². The molecule has 23 heavy (non-hydrogen) atoms. The summed E-state index contributed by atoms with van der Waals surface area (Å²) in [6.45, 7) is 2.81. The molecule has 2 fully saturated rings. The highest BCUT2D eigenvalue weighted by atomic mass is 35.5. The molecule has 6 heteroatoms. The number of carbonyl (C=O) groups is 2. The van der Waals surface area contributed by atoms with Gasteiger partial charge in [-0.3, -0.25) is 9.59 Å². The lowest BCUT2D eigenvalue weighted by Crippen LogP contribution is -2.43. The molecule has 0 unspecified atom stereocenters. The monoisotopic (exact) mass is 338 g/mol. The SMILES string of the molecule is O=C(c1ccc(F)cc1Cl)N1CCC(C(=O)N2CCCC2)CC1. The van der Waals surface area contributed by atoms with Crippen LogP contribution in [0.2, 0.25) is 5.02 Å². The van der Waals surface area contributed by atoms with E-state index in [1.54, 1.807) is 4.90 Å². The molecule has 0 bridgehead atoms. The summed E-state index contributed by atoms with van der Waals surface area (Å²) in [5.74, 6) is -0.404. The van der Waals surface area contributed by atoms with Crippen LogP contribution in [0.4, 0.5) is 4.39 Å². The van der Waals surface area contributed by atoms with Gasteiger partial charge in [-0.15, -0.1) is 0 Å². The Bertz CT molecular complexity index is 609. The maximum absolute atomic E-state index is 13.1. The normalized spacial score (nSPS) is 19.2. The van der Waals surface area contributed by atoms with Crippen molar-refractivity contribution in [2.75, 3.05) is 26.2 Å². The Morgan fingerprint density at radius 1 is 1.04 bits per heavy atom. The molecule has 0 atom stereocenters. The molecular weight excluding hydrogens is 319 g/mol. The fraction of sp³-hybridized carbons (Fsp3) is 0.529. The molecule has 2 aliphatic heterocycles. The van der Waals surface area contributed by atoms with Gasteiger partial charge in [-0.25, -0.2) is 4.39 Å². The van der Waals surface area contributed by atoms with Crippen LogP contribution < -0.4 is 0 Å². The van der Waals surface area contributed by atoms with Crippen LogP contribution in [0.3, 0.4) is 0 Å². The first-order valence-electron chi connectivity index (χ1n) is 8.09. The Hall–Kier alpha value is -1.62. The zero-order valence-electron chi connectivity index (χ0n) is 12.9. The van der Waals surface area contributed by atoms with Gasteiger partial charge in [0.25, 0.3) is 5.91 Å². The van der Waals surface area contributed by atoms with E-state index in [2.05, 4.69) is 0 Å². The lowest BCUT2D eigenvalue weighted by Gasteiger charge is -2.33. The molecule has 2 saturated heterocycles. The lowest BCUT2D eigenvalue weighted by atomic mass is 9.95. The number of halogens is 2. The first-order valence-corrected chi connectivity index (χ1v) is 8.47. The van der Waals surface area contributed by atoms with Gasteiger partial charge < -0.3 is 9.80 Å². The summed E-state index contributed by atoms with van der Waals surface area (Å²) in [5, 5.41) is 0.130. The number of hydrogen-bond donors (Lipinski definition) is 0. The second kappa shape index (κ2) is 6.87. The predicted molar refractivity (Wildman–Crippen MR) is 85.9 cm³/mol. The number of piperidine rings is 1.